The summed E-state index contributed by atoms with van der Waals surface area (Å²) in [5, 5.41) is 12.0. The van der Waals surface area contributed by atoms with E-state index < -0.39 is 0 Å². The maximum atomic E-state index is 8.57. The van der Waals surface area contributed by atoms with Crippen molar-refractivity contribution in [3.05, 3.63) is 0 Å². The van der Waals surface area contributed by atoms with Crippen LogP contribution < -0.4 is 5.32 Å². The van der Waals surface area contributed by atoms with E-state index in [-0.39, 0.29) is 0 Å². The average molecular weight is 217 g/mol. The maximum absolute atomic E-state index is 8.57. The predicted octanol–water partition coefficient (Wildman–Crippen LogP) is 1.95. The van der Waals surface area contributed by atoms with Gasteiger partial charge in [0.05, 0.1) is 0 Å². The Kier molecular flexibility index (Phi) is 13.8. The van der Waals surface area contributed by atoms with Crippen LogP contribution in [0.5, 0.6) is 0 Å². The fraction of sp³-hybridized carbons (Fsp3) is 1.00. The Balaban J connectivity index is 2.81. The third-order valence-corrected chi connectivity index (χ3v) is 2.46. The molecule has 0 aliphatic heterocycles. The van der Waals surface area contributed by atoms with Gasteiger partial charge in [0.1, 0.15) is 0 Å². The van der Waals surface area contributed by atoms with Crippen LogP contribution in [0.4, 0.5) is 0 Å². The summed E-state index contributed by atoms with van der Waals surface area (Å²) in [6.07, 6.45) is 8.40. The first-order valence-corrected chi connectivity index (χ1v) is 6.22. The van der Waals surface area contributed by atoms with Crippen molar-refractivity contribution in [1.29, 1.82) is 0 Å². The van der Waals surface area contributed by atoms with Crippen molar-refractivity contribution in [1.82, 2.24) is 5.32 Å². The summed E-state index contributed by atoms with van der Waals surface area (Å²) in [5.41, 5.74) is 0. The molecular formula is C12H27NO2. The summed E-state index contributed by atoms with van der Waals surface area (Å²) >= 11 is 0. The molecule has 3 heteroatoms. The highest BCUT2D eigenvalue weighted by atomic mass is 16.5. The quantitative estimate of drug-likeness (QED) is 0.491. The second-order valence-corrected chi connectivity index (χ2v) is 3.94. The molecule has 0 atom stereocenters. The van der Waals surface area contributed by atoms with Gasteiger partial charge in [0.25, 0.3) is 0 Å². The number of rotatable bonds is 12. The van der Waals surface area contributed by atoms with Crippen LogP contribution in [0, 0.1) is 0 Å². The van der Waals surface area contributed by atoms with E-state index in [0.29, 0.717) is 6.61 Å². The van der Waals surface area contributed by atoms with E-state index in [9.17, 15) is 0 Å². The Labute approximate surface area is 94.2 Å². The smallest absolute Gasteiger partial charge is 0.0462 e. The highest BCUT2D eigenvalue weighted by molar-refractivity contribution is 4.50. The van der Waals surface area contributed by atoms with Gasteiger partial charge in [-0.3, -0.25) is 0 Å². The molecule has 0 rings (SSSR count). The molecule has 0 aliphatic rings. The molecule has 0 spiro atoms. The summed E-state index contributed by atoms with van der Waals surface area (Å²) in [4.78, 5) is 0. The van der Waals surface area contributed by atoms with Crippen LogP contribution in [0.25, 0.3) is 0 Å². The molecule has 0 amide bonds. The highest BCUT2D eigenvalue weighted by Gasteiger charge is 1.91. The second kappa shape index (κ2) is 13.9. The Hall–Kier alpha value is -0.120. The minimum Gasteiger partial charge on any atom is -0.396 e. The standard InChI is InChI=1S/C12H27NO2/c1-15-12-8-4-2-3-5-9-13-10-6-7-11-14/h13-14H,2-12H2,1H3. The number of unbranched alkanes of at least 4 members (excludes halogenated alkanes) is 5. The minimum absolute atomic E-state index is 0.321. The van der Waals surface area contributed by atoms with Gasteiger partial charge in [0.2, 0.25) is 0 Å². The minimum atomic E-state index is 0.321. The summed E-state index contributed by atoms with van der Waals surface area (Å²) in [7, 11) is 1.76. The number of aliphatic hydroxyl groups excluding tert-OH is 1. The molecule has 0 aromatic carbocycles. The Morgan fingerprint density at radius 2 is 1.47 bits per heavy atom. The lowest BCUT2D eigenvalue weighted by Gasteiger charge is -2.04. The zero-order valence-corrected chi connectivity index (χ0v) is 10.1. The van der Waals surface area contributed by atoms with Gasteiger partial charge >= 0.3 is 0 Å². The number of ether oxygens (including phenoxy) is 1. The lowest BCUT2D eigenvalue weighted by molar-refractivity contribution is 0.192. The molecule has 3 nitrogen and oxygen atoms in total. The molecule has 0 aliphatic carbocycles. The molecular weight excluding hydrogens is 190 g/mol. The average Bonchev–Trinajstić information content (AvgIpc) is 2.26. The molecule has 92 valence electrons. The van der Waals surface area contributed by atoms with Gasteiger partial charge in [0, 0.05) is 20.3 Å². The van der Waals surface area contributed by atoms with E-state index in [1.807, 2.05) is 0 Å². The SMILES string of the molecule is COCCCCCCCNCCCCO. The molecule has 0 unspecified atom stereocenters. The van der Waals surface area contributed by atoms with Crippen molar-refractivity contribution in [3.63, 3.8) is 0 Å². The van der Waals surface area contributed by atoms with Crippen molar-refractivity contribution in [2.24, 2.45) is 0 Å². The van der Waals surface area contributed by atoms with Gasteiger partial charge < -0.3 is 15.2 Å². The van der Waals surface area contributed by atoms with Crippen LogP contribution >= 0.6 is 0 Å². The van der Waals surface area contributed by atoms with E-state index >= 15 is 0 Å². The van der Waals surface area contributed by atoms with Gasteiger partial charge in [-0.1, -0.05) is 19.3 Å². The van der Waals surface area contributed by atoms with Gasteiger partial charge in [-0.25, -0.2) is 0 Å². The molecule has 0 aromatic heterocycles. The van der Waals surface area contributed by atoms with Crippen molar-refractivity contribution in [2.45, 2.75) is 44.9 Å². The van der Waals surface area contributed by atoms with Gasteiger partial charge in [-0.2, -0.15) is 0 Å². The van der Waals surface area contributed by atoms with Gasteiger partial charge in [-0.15, -0.1) is 0 Å². The van der Waals surface area contributed by atoms with Gasteiger partial charge in [-0.05, 0) is 38.8 Å². The molecule has 0 saturated heterocycles. The summed E-state index contributed by atoms with van der Waals surface area (Å²) in [6, 6.07) is 0. The van der Waals surface area contributed by atoms with E-state index in [1.54, 1.807) is 7.11 Å². The number of aliphatic hydroxyl groups is 1. The monoisotopic (exact) mass is 217 g/mol. The van der Waals surface area contributed by atoms with Crippen molar-refractivity contribution >= 4 is 0 Å². The van der Waals surface area contributed by atoms with Crippen molar-refractivity contribution in [3.8, 4) is 0 Å². The molecule has 0 heterocycles. The zero-order chi connectivity index (χ0) is 11.2. The predicted molar refractivity (Wildman–Crippen MR) is 64.2 cm³/mol. The molecule has 0 saturated carbocycles. The van der Waals surface area contributed by atoms with Crippen molar-refractivity contribution in [2.75, 3.05) is 33.4 Å². The fourth-order valence-electron chi connectivity index (χ4n) is 1.51. The van der Waals surface area contributed by atoms with Gasteiger partial charge in [0.15, 0.2) is 0 Å². The number of methoxy groups -OCH3 is 1. The molecule has 15 heavy (non-hydrogen) atoms. The summed E-state index contributed by atoms with van der Waals surface area (Å²) < 4.78 is 4.99. The van der Waals surface area contributed by atoms with E-state index in [4.69, 9.17) is 9.84 Å². The second-order valence-electron chi connectivity index (χ2n) is 3.94. The Morgan fingerprint density at radius 1 is 0.867 bits per heavy atom. The summed E-state index contributed by atoms with van der Waals surface area (Å²) in [6.45, 7) is 3.39. The number of hydrogen-bond acceptors (Lipinski definition) is 3. The molecule has 0 fully saturated rings. The largest absolute Gasteiger partial charge is 0.396 e. The number of hydrogen-bond donors (Lipinski definition) is 2. The van der Waals surface area contributed by atoms with Crippen LogP contribution in [0.15, 0.2) is 0 Å². The first-order chi connectivity index (χ1) is 7.41. The van der Waals surface area contributed by atoms with Crippen LogP contribution in [0.1, 0.15) is 44.9 Å². The summed E-state index contributed by atoms with van der Waals surface area (Å²) in [5.74, 6) is 0. The Morgan fingerprint density at radius 3 is 2.13 bits per heavy atom. The molecule has 2 N–H and O–H groups in total. The maximum Gasteiger partial charge on any atom is 0.0462 e. The third kappa shape index (κ3) is 13.9. The third-order valence-electron chi connectivity index (χ3n) is 2.46. The normalized spacial score (nSPS) is 10.8. The number of nitrogens with one attached hydrogen (secondary N) is 1. The van der Waals surface area contributed by atoms with Crippen LogP contribution in [-0.2, 0) is 4.74 Å². The Bertz CT molecular complexity index is 97.8. The zero-order valence-electron chi connectivity index (χ0n) is 10.1. The highest BCUT2D eigenvalue weighted by Crippen LogP contribution is 2.02. The van der Waals surface area contributed by atoms with E-state index in [0.717, 1.165) is 32.5 Å². The molecule has 0 aromatic rings. The van der Waals surface area contributed by atoms with E-state index in [2.05, 4.69) is 5.32 Å². The van der Waals surface area contributed by atoms with E-state index in [1.165, 1.54) is 32.1 Å². The van der Waals surface area contributed by atoms with Crippen LogP contribution in [-0.4, -0.2) is 38.5 Å². The first-order valence-electron chi connectivity index (χ1n) is 6.22. The fourth-order valence-corrected chi connectivity index (χ4v) is 1.51. The lowest BCUT2D eigenvalue weighted by Crippen LogP contribution is -2.16. The van der Waals surface area contributed by atoms with Crippen molar-refractivity contribution < 1.29 is 9.84 Å². The van der Waals surface area contributed by atoms with Crippen LogP contribution in [0.3, 0.4) is 0 Å². The first kappa shape index (κ1) is 14.9. The van der Waals surface area contributed by atoms with Crippen LogP contribution in [0.2, 0.25) is 0 Å². The molecule has 0 radical (unpaired) electrons. The topological polar surface area (TPSA) is 41.5 Å². The lowest BCUT2D eigenvalue weighted by atomic mass is 10.1. The molecule has 0 bridgehead atoms.